The van der Waals surface area contributed by atoms with Crippen LogP contribution >= 0.6 is 11.3 Å². The van der Waals surface area contributed by atoms with Crippen molar-refractivity contribution in [2.75, 3.05) is 31.1 Å². The van der Waals surface area contributed by atoms with E-state index in [0.29, 0.717) is 5.91 Å². The number of amides is 1. The van der Waals surface area contributed by atoms with Gasteiger partial charge in [0.1, 0.15) is 0 Å². The van der Waals surface area contributed by atoms with E-state index >= 15 is 0 Å². The van der Waals surface area contributed by atoms with E-state index in [1.807, 2.05) is 12.1 Å². The molecule has 2 atom stereocenters. The molecular formula is C24H25N3OS. The minimum Gasteiger partial charge on any atom is -0.368 e. The Hall–Kier alpha value is -2.66. The lowest BCUT2D eigenvalue weighted by molar-refractivity contribution is -0.136. The van der Waals surface area contributed by atoms with Gasteiger partial charge >= 0.3 is 0 Å². The molecule has 0 unspecified atom stereocenters. The third-order valence-electron chi connectivity index (χ3n) is 6.09. The van der Waals surface area contributed by atoms with Gasteiger partial charge in [-0.1, -0.05) is 42.5 Å². The third-order valence-corrected chi connectivity index (χ3v) is 7.26. The molecule has 0 bridgehead atoms. The molecule has 3 aromatic rings. The molecule has 5 heteroatoms. The SMILES string of the molecule is O=C([C@@H]1CC=CC[C@@H]1c1nc2ccccc2s1)N1CCN(c2ccccc2)CC1. The second kappa shape index (κ2) is 7.99. The van der Waals surface area contributed by atoms with Gasteiger partial charge in [0.15, 0.2) is 0 Å². The monoisotopic (exact) mass is 403 g/mol. The Morgan fingerprint density at radius 2 is 1.62 bits per heavy atom. The first-order valence-corrected chi connectivity index (χ1v) is 11.2. The highest BCUT2D eigenvalue weighted by Crippen LogP contribution is 2.39. The molecule has 2 heterocycles. The molecule has 1 aromatic heterocycles. The summed E-state index contributed by atoms with van der Waals surface area (Å²) < 4.78 is 1.21. The third kappa shape index (κ3) is 3.67. The number of aromatic nitrogens is 1. The van der Waals surface area contributed by atoms with E-state index in [4.69, 9.17) is 4.98 Å². The zero-order chi connectivity index (χ0) is 19.6. The lowest BCUT2D eigenvalue weighted by atomic mass is 9.82. The summed E-state index contributed by atoms with van der Waals surface area (Å²) in [5.41, 5.74) is 2.29. The molecule has 2 aromatic carbocycles. The molecule has 1 fully saturated rings. The number of rotatable bonds is 3. The maximum atomic E-state index is 13.4. The van der Waals surface area contributed by atoms with E-state index < -0.39 is 0 Å². The molecule has 29 heavy (non-hydrogen) atoms. The summed E-state index contributed by atoms with van der Waals surface area (Å²) in [4.78, 5) is 22.8. The molecular weight excluding hydrogens is 378 g/mol. The fraction of sp³-hybridized carbons (Fsp3) is 0.333. The van der Waals surface area contributed by atoms with E-state index in [0.717, 1.165) is 49.5 Å². The van der Waals surface area contributed by atoms with Crippen molar-refractivity contribution in [3.05, 3.63) is 71.8 Å². The Kier molecular flexibility index (Phi) is 5.06. The Balaban J connectivity index is 1.31. The number of para-hydroxylation sites is 2. The van der Waals surface area contributed by atoms with Gasteiger partial charge in [-0.2, -0.15) is 0 Å². The maximum Gasteiger partial charge on any atom is 0.226 e. The molecule has 1 saturated heterocycles. The van der Waals surface area contributed by atoms with E-state index in [1.165, 1.54) is 10.4 Å². The fourth-order valence-electron chi connectivity index (χ4n) is 4.47. The van der Waals surface area contributed by atoms with Crippen molar-refractivity contribution in [2.24, 2.45) is 5.92 Å². The maximum absolute atomic E-state index is 13.4. The molecule has 1 aliphatic carbocycles. The second-order valence-corrected chi connectivity index (χ2v) is 8.89. The normalized spacial score (nSPS) is 22.2. The van der Waals surface area contributed by atoms with E-state index in [2.05, 4.69) is 64.4 Å². The van der Waals surface area contributed by atoms with Crippen molar-refractivity contribution in [1.29, 1.82) is 0 Å². The molecule has 0 radical (unpaired) electrons. The van der Waals surface area contributed by atoms with E-state index in [-0.39, 0.29) is 11.8 Å². The number of carbonyl (C=O) groups excluding carboxylic acids is 1. The number of nitrogens with zero attached hydrogens (tertiary/aromatic N) is 3. The van der Waals surface area contributed by atoms with Gasteiger partial charge in [-0.05, 0) is 37.1 Å². The van der Waals surface area contributed by atoms with Gasteiger partial charge in [0.25, 0.3) is 0 Å². The number of benzene rings is 2. The topological polar surface area (TPSA) is 36.4 Å². The summed E-state index contributed by atoms with van der Waals surface area (Å²) in [5, 5.41) is 1.11. The van der Waals surface area contributed by atoms with Crippen LogP contribution in [0.4, 0.5) is 5.69 Å². The second-order valence-electron chi connectivity index (χ2n) is 7.82. The zero-order valence-corrected chi connectivity index (χ0v) is 17.2. The van der Waals surface area contributed by atoms with Gasteiger partial charge in [-0.15, -0.1) is 11.3 Å². The highest BCUT2D eigenvalue weighted by molar-refractivity contribution is 7.18. The standard InChI is InChI=1S/C24H25N3OS/c28-24(27-16-14-26(15-17-27)18-8-2-1-3-9-18)20-11-5-4-10-19(20)23-25-21-12-6-7-13-22(21)29-23/h1-9,12-13,19-20H,10-11,14-17H2/t19-,20+/m0/s1. The summed E-state index contributed by atoms with van der Waals surface area (Å²) in [7, 11) is 0. The average Bonchev–Trinajstić information content (AvgIpc) is 3.23. The van der Waals surface area contributed by atoms with Crippen LogP contribution in [0.2, 0.25) is 0 Å². The molecule has 5 rings (SSSR count). The number of hydrogen-bond donors (Lipinski definition) is 0. The Morgan fingerprint density at radius 3 is 2.41 bits per heavy atom. The number of piperazine rings is 1. The van der Waals surface area contributed by atoms with Crippen LogP contribution in [0, 0.1) is 5.92 Å². The van der Waals surface area contributed by atoms with E-state index in [9.17, 15) is 4.79 Å². The number of thiazole rings is 1. The van der Waals surface area contributed by atoms with Crippen molar-refractivity contribution in [3.63, 3.8) is 0 Å². The smallest absolute Gasteiger partial charge is 0.226 e. The predicted molar refractivity (Wildman–Crippen MR) is 119 cm³/mol. The molecule has 1 aliphatic heterocycles. The van der Waals surface area contributed by atoms with Crippen LogP contribution < -0.4 is 4.90 Å². The largest absolute Gasteiger partial charge is 0.368 e. The van der Waals surface area contributed by atoms with Crippen LogP contribution in [0.3, 0.4) is 0 Å². The first-order chi connectivity index (χ1) is 14.3. The molecule has 2 aliphatic rings. The number of carbonyl (C=O) groups is 1. The quantitative estimate of drug-likeness (QED) is 0.595. The predicted octanol–water partition coefficient (Wildman–Crippen LogP) is 4.69. The van der Waals surface area contributed by atoms with Crippen molar-refractivity contribution in [2.45, 2.75) is 18.8 Å². The Morgan fingerprint density at radius 1 is 0.897 bits per heavy atom. The van der Waals surface area contributed by atoms with Crippen molar-refractivity contribution < 1.29 is 4.79 Å². The minimum atomic E-state index is 0.00355. The minimum absolute atomic E-state index is 0.00355. The van der Waals surface area contributed by atoms with Crippen LogP contribution in [0.1, 0.15) is 23.8 Å². The number of allylic oxidation sites excluding steroid dienone is 2. The lowest BCUT2D eigenvalue weighted by Crippen LogP contribution is -2.51. The van der Waals surface area contributed by atoms with Gasteiger partial charge in [-0.3, -0.25) is 4.79 Å². The molecule has 0 saturated carbocycles. The number of fused-ring (bicyclic) bond motifs is 1. The molecule has 4 nitrogen and oxygen atoms in total. The zero-order valence-electron chi connectivity index (χ0n) is 16.4. The summed E-state index contributed by atoms with van der Waals surface area (Å²) in [6.45, 7) is 3.37. The summed E-state index contributed by atoms with van der Waals surface area (Å²) >= 11 is 1.75. The van der Waals surface area contributed by atoms with Gasteiger partial charge in [0.2, 0.25) is 5.91 Å². The Labute approximate surface area is 175 Å². The average molecular weight is 404 g/mol. The summed E-state index contributed by atoms with van der Waals surface area (Å²) in [6, 6.07) is 18.7. The van der Waals surface area contributed by atoms with Crippen LogP contribution in [0.5, 0.6) is 0 Å². The fourth-order valence-corrected chi connectivity index (χ4v) is 5.61. The summed E-state index contributed by atoms with van der Waals surface area (Å²) in [5.74, 6) is 0.493. The first-order valence-electron chi connectivity index (χ1n) is 10.4. The highest BCUT2D eigenvalue weighted by atomic mass is 32.1. The van der Waals surface area contributed by atoms with E-state index in [1.54, 1.807) is 11.3 Å². The number of anilines is 1. The van der Waals surface area contributed by atoms with Crippen LogP contribution in [-0.4, -0.2) is 42.0 Å². The molecule has 1 amide bonds. The van der Waals surface area contributed by atoms with Crippen molar-refractivity contribution in [1.82, 2.24) is 9.88 Å². The van der Waals surface area contributed by atoms with Gasteiger partial charge in [0, 0.05) is 37.8 Å². The van der Waals surface area contributed by atoms with Crippen molar-refractivity contribution >= 4 is 33.1 Å². The van der Waals surface area contributed by atoms with Crippen LogP contribution in [-0.2, 0) is 4.79 Å². The lowest BCUT2D eigenvalue weighted by Gasteiger charge is -2.39. The molecule has 148 valence electrons. The van der Waals surface area contributed by atoms with Crippen LogP contribution in [0.25, 0.3) is 10.2 Å². The highest BCUT2D eigenvalue weighted by Gasteiger charge is 2.35. The van der Waals surface area contributed by atoms with Crippen LogP contribution in [0.15, 0.2) is 66.7 Å². The Bertz CT molecular complexity index is 988. The molecule has 0 spiro atoms. The van der Waals surface area contributed by atoms with Gasteiger partial charge in [0.05, 0.1) is 21.1 Å². The van der Waals surface area contributed by atoms with Gasteiger partial charge < -0.3 is 9.80 Å². The number of hydrogen-bond acceptors (Lipinski definition) is 4. The first kappa shape index (κ1) is 18.4. The van der Waals surface area contributed by atoms with Gasteiger partial charge in [-0.25, -0.2) is 4.98 Å². The van der Waals surface area contributed by atoms with Crippen molar-refractivity contribution in [3.8, 4) is 0 Å². The summed E-state index contributed by atoms with van der Waals surface area (Å²) in [6.07, 6.45) is 6.11. The molecule has 0 N–H and O–H groups in total.